The Bertz CT molecular complexity index is 876. The van der Waals surface area contributed by atoms with Gasteiger partial charge in [-0.05, 0) is 42.7 Å². The van der Waals surface area contributed by atoms with E-state index in [-0.39, 0.29) is 35.0 Å². The third-order valence-corrected chi connectivity index (χ3v) is 4.15. The molecule has 0 aliphatic rings. The van der Waals surface area contributed by atoms with Gasteiger partial charge in [-0.25, -0.2) is 9.18 Å². The van der Waals surface area contributed by atoms with Gasteiger partial charge >= 0.3 is 11.9 Å². The Morgan fingerprint density at radius 2 is 1.89 bits per heavy atom. The van der Waals surface area contributed by atoms with Crippen LogP contribution in [0.2, 0.25) is 5.02 Å². The molecule has 3 N–H and O–H groups in total. The number of aryl methyl sites for hydroxylation is 1. The molecule has 148 valence electrons. The van der Waals surface area contributed by atoms with E-state index in [0.29, 0.717) is 5.56 Å². The van der Waals surface area contributed by atoms with Crippen LogP contribution < -0.4 is 10.8 Å². The van der Waals surface area contributed by atoms with E-state index in [1.807, 2.05) is 0 Å². The van der Waals surface area contributed by atoms with Gasteiger partial charge in [0.05, 0.1) is 10.6 Å². The van der Waals surface area contributed by atoms with Crippen LogP contribution in [0.4, 0.5) is 10.1 Å². The van der Waals surface area contributed by atoms with Gasteiger partial charge in [-0.1, -0.05) is 29.8 Å². The Labute approximate surface area is 165 Å². The summed E-state index contributed by atoms with van der Waals surface area (Å²) in [7, 11) is 0. The van der Waals surface area contributed by atoms with Crippen LogP contribution in [0.15, 0.2) is 42.5 Å². The molecule has 2 aromatic rings. The van der Waals surface area contributed by atoms with Crippen molar-refractivity contribution in [2.24, 2.45) is 0 Å². The second kappa shape index (κ2) is 9.82. The van der Waals surface area contributed by atoms with Gasteiger partial charge < -0.3 is 15.3 Å². The van der Waals surface area contributed by atoms with Crippen LogP contribution in [-0.4, -0.2) is 29.0 Å². The number of hydrogen-bond donors (Lipinski definition) is 3. The normalized spacial score (nSPS) is 11.5. The van der Waals surface area contributed by atoms with Gasteiger partial charge in [-0.3, -0.25) is 9.59 Å². The number of carbonyl (C=O) groups excluding carboxylic acids is 2. The highest BCUT2D eigenvalue weighted by Crippen LogP contribution is 2.26. The van der Waals surface area contributed by atoms with Gasteiger partial charge in [0, 0.05) is 12.6 Å². The number of amides is 1. The zero-order valence-corrected chi connectivity index (χ0v) is 15.6. The van der Waals surface area contributed by atoms with Crippen molar-refractivity contribution >= 4 is 35.1 Å². The van der Waals surface area contributed by atoms with E-state index in [1.54, 1.807) is 18.2 Å². The zero-order chi connectivity index (χ0) is 20.7. The summed E-state index contributed by atoms with van der Waals surface area (Å²) in [6.45, 7) is 1.28. The van der Waals surface area contributed by atoms with Crippen molar-refractivity contribution in [3.8, 4) is 0 Å². The van der Waals surface area contributed by atoms with Crippen molar-refractivity contribution in [3.05, 3.63) is 64.4 Å². The molecular formula is C19H18ClFN2O5. The van der Waals surface area contributed by atoms with Crippen LogP contribution in [0.25, 0.3) is 0 Å². The maximum atomic E-state index is 13.9. The highest BCUT2D eigenvalue weighted by atomic mass is 35.5. The Morgan fingerprint density at radius 1 is 1.21 bits per heavy atom. The lowest BCUT2D eigenvalue weighted by Gasteiger charge is -2.15. The third-order valence-electron chi connectivity index (χ3n) is 3.73. The molecule has 1 atom stereocenters. The minimum atomic E-state index is -1.25. The minimum absolute atomic E-state index is 0.0416. The topological polar surface area (TPSA) is 105 Å². The largest absolute Gasteiger partial charge is 0.480 e. The second-order valence-corrected chi connectivity index (χ2v) is 6.29. The standard InChI is InChI=1S/C19H18ClFN2O5/c1-11(24)22-14-9-13(17(20)15(21)10-14)7-8-16(18(25)26)23-28-19(27)12-5-3-2-4-6-12/h2-6,9-10,16,23H,7-8H2,1H3,(H,22,24)(H,25,26)/t16-/m0/s1. The van der Waals surface area contributed by atoms with Gasteiger partial charge in [-0.2, -0.15) is 0 Å². The van der Waals surface area contributed by atoms with Gasteiger partial charge in [0.15, 0.2) is 0 Å². The predicted octanol–water partition coefficient (Wildman–Crippen LogP) is 3.18. The molecule has 0 aromatic heterocycles. The maximum absolute atomic E-state index is 13.9. The summed E-state index contributed by atoms with van der Waals surface area (Å²) in [4.78, 5) is 39.3. The Balaban J connectivity index is 2.03. The average molecular weight is 409 g/mol. The molecule has 0 bridgehead atoms. The SMILES string of the molecule is CC(=O)Nc1cc(F)c(Cl)c(CC[C@H](NOC(=O)c2ccccc2)C(=O)O)c1. The molecular weight excluding hydrogens is 391 g/mol. The van der Waals surface area contributed by atoms with Crippen LogP contribution in [0.5, 0.6) is 0 Å². The number of hydrogen-bond acceptors (Lipinski definition) is 5. The fourth-order valence-electron chi connectivity index (χ4n) is 2.39. The summed E-state index contributed by atoms with van der Waals surface area (Å²) in [5.41, 5.74) is 2.99. The van der Waals surface area contributed by atoms with E-state index in [9.17, 15) is 23.9 Å². The number of hydroxylamine groups is 1. The molecule has 0 aliphatic carbocycles. The van der Waals surface area contributed by atoms with E-state index >= 15 is 0 Å². The lowest BCUT2D eigenvalue weighted by Crippen LogP contribution is -2.38. The fraction of sp³-hybridized carbons (Fsp3) is 0.211. The van der Waals surface area contributed by atoms with E-state index in [2.05, 4.69) is 10.8 Å². The Hall–Kier alpha value is -2.97. The number of carboxylic acids is 1. The molecule has 0 saturated heterocycles. The number of carboxylic acid groups (broad SMARTS) is 1. The fourth-order valence-corrected chi connectivity index (χ4v) is 2.60. The van der Waals surface area contributed by atoms with Crippen LogP contribution in [0, 0.1) is 5.82 Å². The Morgan fingerprint density at radius 3 is 2.50 bits per heavy atom. The lowest BCUT2D eigenvalue weighted by atomic mass is 10.0. The summed E-state index contributed by atoms with van der Waals surface area (Å²) in [6, 6.07) is 9.35. The molecule has 0 spiro atoms. The van der Waals surface area contributed by atoms with Crippen LogP contribution in [-0.2, 0) is 20.8 Å². The molecule has 0 heterocycles. The number of anilines is 1. The van der Waals surface area contributed by atoms with Crippen molar-refractivity contribution in [1.29, 1.82) is 0 Å². The number of halogens is 2. The number of nitrogens with one attached hydrogen (secondary N) is 2. The van der Waals surface area contributed by atoms with Gasteiger partial charge in [0.25, 0.3) is 0 Å². The number of benzene rings is 2. The molecule has 7 nitrogen and oxygen atoms in total. The van der Waals surface area contributed by atoms with Crippen molar-refractivity contribution in [3.63, 3.8) is 0 Å². The molecule has 0 fully saturated rings. The van der Waals surface area contributed by atoms with Crippen molar-refractivity contribution in [2.45, 2.75) is 25.8 Å². The van der Waals surface area contributed by atoms with Crippen LogP contribution >= 0.6 is 11.6 Å². The number of carbonyl (C=O) groups is 3. The molecule has 28 heavy (non-hydrogen) atoms. The average Bonchev–Trinajstić information content (AvgIpc) is 2.65. The van der Waals surface area contributed by atoms with Crippen molar-refractivity contribution < 1.29 is 28.7 Å². The van der Waals surface area contributed by atoms with Crippen LogP contribution in [0.3, 0.4) is 0 Å². The molecule has 9 heteroatoms. The highest BCUT2D eigenvalue weighted by molar-refractivity contribution is 6.31. The predicted molar refractivity (Wildman–Crippen MR) is 100 cm³/mol. The molecule has 1 amide bonds. The molecule has 0 radical (unpaired) electrons. The number of rotatable bonds is 8. The van der Waals surface area contributed by atoms with Gasteiger partial charge in [0.2, 0.25) is 5.91 Å². The highest BCUT2D eigenvalue weighted by Gasteiger charge is 2.21. The van der Waals surface area contributed by atoms with E-state index < -0.39 is 23.8 Å². The molecule has 0 saturated carbocycles. The van der Waals surface area contributed by atoms with Crippen molar-refractivity contribution in [1.82, 2.24) is 5.48 Å². The molecule has 2 rings (SSSR count). The Kier molecular flexibility index (Phi) is 7.48. The monoisotopic (exact) mass is 408 g/mol. The summed E-state index contributed by atoms with van der Waals surface area (Å²) in [5, 5.41) is 11.6. The van der Waals surface area contributed by atoms with Gasteiger partial charge in [0.1, 0.15) is 11.9 Å². The van der Waals surface area contributed by atoms with E-state index in [4.69, 9.17) is 16.4 Å². The molecule has 0 unspecified atom stereocenters. The van der Waals surface area contributed by atoms with Crippen molar-refractivity contribution in [2.75, 3.05) is 5.32 Å². The zero-order valence-electron chi connectivity index (χ0n) is 14.9. The minimum Gasteiger partial charge on any atom is -0.480 e. The first-order valence-electron chi connectivity index (χ1n) is 8.28. The maximum Gasteiger partial charge on any atom is 0.356 e. The summed E-state index contributed by atoms with van der Waals surface area (Å²) in [6.07, 6.45) is 0.0239. The first-order valence-corrected chi connectivity index (χ1v) is 8.65. The van der Waals surface area contributed by atoms with Crippen LogP contribution in [0.1, 0.15) is 29.3 Å². The lowest BCUT2D eigenvalue weighted by molar-refractivity contribution is -0.142. The summed E-state index contributed by atoms with van der Waals surface area (Å²) < 4.78 is 13.9. The molecule has 0 aliphatic heterocycles. The quantitative estimate of drug-likeness (QED) is 0.579. The second-order valence-electron chi connectivity index (χ2n) is 5.92. The third kappa shape index (κ3) is 6.04. The molecule has 2 aromatic carbocycles. The number of aliphatic carboxylic acids is 1. The van der Waals surface area contributed by atoms with Gasteiger partial charge in [-0.15, -0.1) is 5.48 Å². The van der Waals surface area contributed by atoms with E-state index in [1.165, 1.54) is 25.1 Å². The first-order chi connectivity index (χ1) is 13.3. The summed E-state index contributed by atoms with van der Waals surface area (Å²) in [5.74, 6) is -3.11. The smallest absolute Gasteiger partial charge is 0.356 e. The van der Waals surface area contributed by atoms with E-state index in [0.717, 1.165) is 6.07 Å². The summed E-state index contributed by atoms with van der Waals surface area (Å²) >= 11 is 5.93. The first kappa shape index (κ1) is 21.3.